The van der Waals surface area contributed by atoms with E-state index < -0.39 is 0 Å². The highest BCUT2D eigenvalue weighted by Gasteiger charge is 1.92. The van der Waals surface area contributed by atoms with Gasteiger partial charge in [-0.1, -0.05) is 0 Å². The number of nitrogens with zero attached hydrogens (tertiary/aromatic N) is 5. The Hall–Kier alpha value is -2.31. The third kappa shape index (κ3) is 1.89. The molecule has 2 rings (SSSR count). The summed E-state index contributed by atoms with van der Waals surface area (Å²) >= 11 is 0. The maximum absolute atomic E-state index is 5.60. The average molecular weight is 191 g/mol. The molecule has 0 spiro atoms. The van der Waals surface area contributed by atoms with E-state index in [1.807, 2.05) is 0 Å². The average Bonchev–Trinajstić information content (AvgIpc) is 2.76. The van der Waals surface area contributed by atoms with E-state index in [0.717, 1.165) is 0 Å². The van der Waals surface area contributed by atoms with Crippen molar-refractivity contribution in [2.24, 2.45) is 10.8 Å². The number of imidazole rings is 2. The summed E-state index contributed by atoms with van der Waals surface area (Å²) in [6.07, 6.45) is 9.78. The minimum absolute atomic E-state index is 0.251. The molecule has 0 aromatic carbocycles. The van der Waals surface area contributed by atoms with Crippen molar-refractivity contribution in [1.29, 1.82) is 0 Å². The maximum atomic E-state index is 5.60. The molecule has 2 aromatic heterocycles. The van der Waals surface area contributed by atoms with Crippen LogP contribution in [0.5, 0.6) is 0 Å². The van der Waals surface area contributed by atoms with E-state index in [9.17, 15) is 0 Å². The Bertz CT molecular complexity index is 399. The van der Waals surface area contributed by atoms with Crippen LogP contribution in [0.15, 0.2) is 42.5 Å². The molecule has 0 amide bonds. The molecule has 0 saturated heterocycles. The van der Waals surface area contributed by atoms with E-state index in [-0.39, 0.29) is 5.96 Å². The molecule has 72 valence electrons. The van der Waals surface area contributed by atoms with Crippen LogP contribution in [0.2, 0.25) is 0 Å². The van der Waals surface area contributed by atoms with Crippen molar-refractivity contribution in [1.82, 2.24) is 19.3 Å². The summed E-state index contributed by atoms with van der Waals surface area (Å²) in [6, 6.07) is 0. The topological polar surface area (TPSA) is 86.0 Å². The summed E-state index contributed by atoms with van der Waals surface area (Å²) in [4.78, 5) is 7.67. The summed E-state index contributed by atoms with van der Waals surface area (Å²) in [6.45, 7) is 0. The molecule has 0 unspecified atom stereocenters. The SMILES string of the molecule is NC(=Nn1ccnc1)Nn1ccnc1. The first kappa shape index (κ1) is 8.30. The summed E-state index contributed by atoms with van der Waals surface area (Å²) < 4.78 is 3.09. The maximum Gasteiger partial charge on any atom is 0.231 e. The standard InChI is InChI=1S/C7H9N7/c8-7(11-13-3-1-9-5-13)12-14-4-2-10-6-14/h1-6H,(H3,8,11,12). The molecule has 0 bridgehead atoms. The van der Waals surface area contributed by atoms with Crippen molar-refractivity contribution in [3.8, 4) is 0 Å². The minimum Gasteiger partial charge on any atom is -0.367 e. The number of rotatable bonds is 2. The second-order valence-corrected chi connectivity index (χ2v) is 2.51. The number of guanidine groups is 1. The highest BCUT2D eigenvalue weighted by atomic mass is 15.5. The van der Waals surface area contributed by atoms with Gasteiger partial charge in [0.05, 0.1) is 0 Å². The van der Waals surface area contributed by atoms with Gasteiger partial charge < -0.3 is 5.73 Å². The molecule has 0 saturated carbocycles. The first-order valence-electron chi connectivity index (χ1n) is 3.92. The van der Waals surface area contributed by atoms with Gasteiger partial charge in [-0.15, -0.1) is 5.10 Å². The fraction of sp³-hybridized carbons (Fsp3) is 0. The fourth-order valence-electron chi connectivity index (χ4n) is 0.916. The molecule has 0 aliphatic heterocycles. The van der Waals surface area contributed by atoms with E-state index in [2.05, 4.69) is 20.5 Å². The molecule has 7 nitrogen and oxygen atoms in total. The Kier molecular flexibility index (Phi) is 2.14. The largest absolute Gasteiger partial charge is 0.367 e. The lowest BCUT2D eigenvalue weighted by atomic mass is 10.9. The van der Waals surface area contributed by atoms with E-state index in [0.29, 0.717) is 0 Å². The second-order valence-electron chi connectivity index (χ2n) is 2.51. The molecule has 3 N–H and O–H groups in total. The summed E-state index contributed by atoms with van der Waals surface area (Å²) in [7, 11) is 0. The third-order valence-corrected chi connectivity index (χ3v) is 1.46. The van der Waals surface area contributed by atoms with Crippen LogP contribution in [0.1, 0.15) is 0 Å². The van der Waals surface area contributed by atoms with Crippen molar-refractivity contribution in [2.45, 2.75) is 0 Å². The van der Waals surface area contributed by atoms with Gasteiger partial charge in [0.1, 0.15) is 12.7 Å². The minimum atomic E-state index is 0.251. The fourth-order valence-corrected chi connectivity index (χ4v) is 0.916. The Morgan fingerprint density at radius 3 is 2.64 bits per heavy atom. The van der Waals surface area contributed by atoms with Crippen molar-refractivity contribution in [3.05, 3.63) is 37.4 Å². The molecule has 14 heavy (non-hydrogen) atoms. The van der Waals surface area contributed by atoms with E-state index in [4.69, 9.17) is 5.73 Å². The van der Waals surface area contributed by atoms with Crippen LogP contribution in [0.4, 0.5) is 0 Å². The Balaban J connectivity index is 2.06. The van der Waals surface area contributed by atoms with Crippen LogP contribution in [0.3, 0.4) is 0 Å². The normalized spacial score (nSPS) is 11.6. The number of hydrogen-bond donors (Lipinski definition) is 2. The number of nitrogens with two attached hydrogens (primary N) is 1. The Labute approximate surface area is 79.9 Å². The quantitative estimate of drug-likeness (QED) is 0.490. The number of hydrogen-bond acceptors (Lipinski definition) is 3. The monoisotopic (exact) mass is 191 g/mol. The molecule has 0 aliphatic carbocycles. The lowest BCUT2D eigenvalue weighted by Gasteiger charge is -2.04. The van der Waals surface area contributed by atoms with Crippen LogP contribution in [-0.4, -0.2) is 25.3 Å². The van der Waals surface area contributed by atoms with Gasteiger partial charge in [-0.25, -0.2) is 19.3 Å². The summed E-state index contributed by atoms with van der Waals surface area (Å²) in [5.41, 5.74) is 8.39. The lowest BCUT2D eigenvalue weighted by Crippen LogP contribution is -2.30. The molecule has 0 atom stereocenters. The van der Waals surface area contributed by atoms with Gasteiger partial charge in [0.15, 0.2) is 0 Å². The van der Waals surface area contributed by atoms with Gasteiger partial charge >= 0.3 is 0 Å². The van der Waals surface area contributed by atoms with Gasteiger partial charge in [-0.05, 0) is 0 Å². The molecule has 0 fully saturated rings. The van der Waals surface area contributed by atoms with Crippen molar-refractivity contribution in [3.63, 3.8) is 0 Å². The summed E-state index contributed by atoms with van der Waals surface area (Å²) in [5.74, 6) is 0.251. The zero-order valence-corrected chi connectivity index (χ0v) is 7.28. The predicted molar refractivity (Wildman–Crippen MR) is 50.8 cm³/mol. The van der Waals surface area contributed by atoms with Gasteiger partial charge in [0.2, 0.25) is 5.96 Å². The van der Waals surface area contributed by atoms with E-state index >= 15 is 0 Å². The zero-order chi connectivity index (χ0) is 9.80. The zero-order valence-electron chi connectivity index (χ0n) is 7.28. The van der Waals surface area contributed by atoms with Crippen LogP contribution >= 0.6 is 0 Å². The predicted octanol–water partition coefficient (Wildman–Crippen LogP) is -0.599. The van der Waals surface area contributed by atoms with Gasteiger partial charge in [0.25, 0.3) is 0 Å². The van der Waals surface area contributed by atoms with Gasteiger partial charge in [-0.3, -0.25) is 5.43 Å². The Morgan fingerprint density at radius 2 is 2.00 bits per heavy atom. The van der Waals surface area contributed by atoms with Crippen molar-refractivity contribution < 1.29 is 0 Å². The molecular formula is C7H9N7. The van der Waals surface area contributed by atoms with Crippen LogP contribution < -0.4 is 11.2 Å². The summed E-state index contributed by atoms with van der Waals surface area (Å²) in [5, 5.41) is 3.98. The van der Waals surface area contributed by atoms with Crippen LogP contribution in [0.25, 0.3) is 0 Å². The number of nitrogens with one attached hydrogen (secondary N) is 1. The molecule has 0 aliphatic rings. The van der Waals surface area contributed by atoms with Crippen molar-refractivity contribution >= 4 is 5.96 Å². The first-order valence-corrected chi connectivity index (χ1v) is 3.92. The second kappa shape index (κ2) is 3.60. The smallest absolute Gasteiger partial charge is 0.231 e. The van der Waals surface area contributed by atoms with Crippen LogP contribution in [-0.2, 0) is 0 Å². The highest BCUT2D eigenvalue weighted by Crippen LogP contribution is 1.84. The molecular weight excluding hydrogens is 182 g/mol. The molecule has 0 radical (unpaired) electrons. The van der Waals surface area contributed by atoms with Crippen LogP contribution in [0, 0.1) is 0 Å². The van der Waals surface area contributed by atoms with Crippen molar-refractivity contribution in [2.75, 3.05) is 5.43 Å². The third-order valence-electron chi connectivity index (χ3n) is 1.46. The van der Waals surface area contributed by atoms with E-state index in [1.165, 1.54) is 4.68 Å². The number of aromatic nitrogens is 4. The Morgan fingerprint density at radius 1 is 1.21 bits per heavy atom. The van der Waals surface area contributed by atoms with Gasteiger partial charge in [0, 0.05) is 24.8 Å². The molecule has 2 heterocycles. The van der Waals surface area contributed by atoms with E-state index in [1.54, 1.807) is 42.1 Å². The highest BCUT2D eigenvalue weighted by molar-refractivity contribution is 5.85. The first-order chi connectivity index (χ1) is 6.84. The lowest BCUT2D eigenvalue weighted by molar-refractivity contribution is 0.856. The molecule has 2 aromatic rings. The van der Waals surface area contributed by atoms with Gasteiger partial charge in [-0.2, -0.15) is 0 Å². The molecule has 7 heteroatoms.